The second-order valence-corrected chi connectivity index (χ2v) is 9.77. The van der Waals surface area contributed by atoms with Gasteiger partial charge in [-0.25, -0.2) is 0 Å². The minimum absolute atomic E-state index is 0.120. The Balaban J connectivity index is 1.61. The number of likely N-dealkylation sites (tertiary alicyclic amines) is 1. The molecule has 174 valence electrons. The molecular weight excluding hydrogens is 444 g/mol. The number of nitrogens with zero attached hydrogens (tertiary/aromatic N) is 1. The summed E-state index contributed by atoms with van der Waals surface area (Å²) in [6, 6.07) is 23.4. The van der Waals surface area contributed by atoms with Crippen molar-refractivity contribution >= 4 is 34.2 Å². The fourth-order valence-corrected chi connectivity index (χ4v) is 4.86. The van der Waals surface area contributed by atoms with E-state index >= 15 is 0 Å². The van der Waals surface area contributed by atoms with Crippen molar-refractivity contribution in [2.45, 2.75) is 32.7 Å². The second-order valence-electron chi connectivity index (χ2n) is 9.33. The summed E-state index contributed by atoms with van der Waals surface area (Å²) in [4.78, 5) is 15.7. The van der Waals surface area contributed by atoms with Gasteiger partial charge in [0.05, 0.1) is 11.7 Å². The van der Waals surface area contributed by atoms with E-state index in [1.165, 1.54) is 0 Å². The zero-order chi connectivity index (χ0) is 23.7. The first-order chi connectivity index (χ1) is 16.5. The average molecular weight is 473 g/mol. The number of hydrogen-bond donors (Lipinski definition) is 1. The molecule has 0 radical (unpaired) electrons. The highest BCUT2D eigenvalue weighted by Crippen LogP contribution is 2.42. The van der Waals surface area contributed by atoms with E-state index in [1.807, 2.05) is 67.6 Å². The second kappa shape index (κ2) is 9.65. The van der Waals surface area contributed by atoms with Crippen LogP contribution in [0.25, 0.3) is 11.0 Å². The van der Waals surface area contributed by atoms with Crippen LogP contribution in [-0.2, 0) is 0 Å². The summed E-state index contributed by atoms with van der Waals surface area (Å²) in [7, 11) is 0. The van der Waals surface area contributed by atoms with Crippen molar-refractivity contribution < 1.29 is 9.21 Å². The Labute approximate surface area is 205 Å². The van der Waals surface area contributed by atoms with Gasteiger partial charge in [0.1, 0.15) is 11.3 Å². The van der Waals surface area contributed by atoms with Crippen LogP contribution in [0, 0.1) is 12.8 Å². The zero-order valence-corrected chi connectivity index (χ0v) is 20.3. The van der Waals surface area contributed by atoms with E-state index in [0.29, 0.717) is 16.5 Å². The van der Waals surface area contributed by atoms with Crippen LogP contribution in [0.1, 0.15) is 53.1 Å². The van der Waals surface area contributed by atoms with Gasteiger partial charge in [0.25, 0.3) is 5.91 Å². The molecule has 5 heteroatoms. The van der Waals surface area contributed by atoms with Crippen LogP contribution in [0.15, 0.2) is 77.2 Å². The maximum Gasteiger partial charge on any atom is 0.255 e. The Bertz CT molecular complexity index is 1290. The number of nitrogens with one attached hydrogen (secondary N) is 1. The molecule has 1 N–H and O–H groups in total. The Kier molecular flexibility index (Phi) is 6.44. The number of carbonyl (C=O) groups excluding carboxylic acids is 1. The number of amides is 1. The molecule has 3 aromatic carbocycles. The normalized spacial score (nSPS) is 16.0. The van der Waals surface area contributed by atoms with Crippen molar-refractivity contribution in [1.29, 1.82) is 0 Å². The third-order valence-corrected chi connectivity index (χ3v) is 7.04. The highest BCUT2D eigenvalue weighted by atomic mass is 35.5. The lowest BCUT2D eigenvalue weighted by atomic mass is 9.94. The van der Waals surface area contributed by atoms with Gasteiger partial charge in [0.2, 0.25) is 0 Å². The molecule has 2 heterocycles. The summed E-state index contributed by atoms with van der Waals surface area (Å²) < 4.78 is 6.49. The maximum atomic E-state index is 13.3. The fraction of sp³-hybridized carbons (Fsp3) is 0.276. The predicted molar refractivity (Wildman–Crippen MR) is 139 cm³/mol. The highest BCUT2D eigenvalue weighted by molar-refractivity contribution is 6.30. The lowest BCUT2D eigenvalue weighted by molar-refractivity contribution is 0.102. The standard InChI is InChI=1S/C29H29ClN2O2/c1-19-7-9-22(10-8-19)29(33)31-26-24-5-3-4-6-25(24)34-28(26)27(21-11-13-23(30)14-12-21)32-17-15-20(2)16-18-32/h3-14,20,27H,15-18H2,1-2H3,(H,31,33)/t27-/m0/s1. The van der Waals surface area contributed by atoms with E-state index in [0.717, 1.165) is 59.5 Å². The average Bonchev–Trinajstić information content (AvgIpc) is 3.20. The molecule has 1 aliphatic rings. The van der Waals surface area contributed by atoms with E-state index < -0.39 is 0 Å². The molecule has 5 rings (SSSR count). The van der Waals surface area contributed by atoms with Gasteiger partial charge < -0.3 is 9.73 Å². The number of piperidine rings is 1. The zero-order valence-electron chi connectivity index (χ0n) is 19.6. The van der Waals surface area contributed by atoms with E-state index in [1.54, 1.807) is 0 Å². The number of carbonyl (C=O) groups is 1. The molecule has 4 nitrogen and oxygen atoms in total. The van der Waals surface area contributed by atoms with E-state index in [4.69, 9.17) is 16.0 Å². The maximum absolute atomic E-state index is 13.3. The van der Waals surface area contributed by atoms with Crippen LogP contribution < -0.4 is 5.32 Å². The van der Waals surface area contributed by atoms with Crippen molar-refractivity contribution in [2.75, 3.05) is 18.4 Å². The third-order valence-electron chi connectivity index (χ3n) is 6.79. The Morgan fingerprint density at radius 2 is 1.68 bits per heavy atom. The first-order valence-electron chi connectivity index (χ1n) is 11.9. The number of para-hydroxylation sites is 1. The molecule has 0 bridgehead atoms. The number of hydrogen-bond acceptors (Lipinski definition) is 3. The fourth-order valence-electron chi connectivity index (χ4n) is 4.74. The summed E-state index contributed by atoms with van der Waals surface area (Å²) >= 11 is 6.22. The Morgan fingerprint density at radius 1 is 1.00 bits per heavy atom. The lowest BCUT2D eigenvalue weighted by Gasteiger charge is -2.36. The molecule has 1 saturated heterocycles. The molecule has 34 heavy (non-hydrogen) atoms. The summed E-state index contributed by atoms with van der Waals surface area (Å²) in [6.45, 7) is 6.26. The highest BCUT2D eigenvalue weighted by Gasteiger charge is 2.32. The minimum atomic E-state index is -0.144. The van der Waals surface area contributed by atoms with Gasteiger partial charge in [-0.3, -0.25) is 9.69 Å². The van der Waals surface area contributed by atoms with Crippen LogP contribution in [0.3, 0.4) is 0 Å². The first kappa shape index (κ1) is 22.7. The summed E-state index contributed by atoms with van der Waals surface area (Å²) in [5.74, 6) is 1.33. The van der Waals surface area contributed by atoms with Crippen molar-refractivity contribution in [3.05, 3.63) is 100 Å². The molecule has 1 aliphatic heterocycles. The summed E-state index contributed by atoms with van der Waals surface area (Å²) in [6.07, 6.45) is 2.27. The van der Waals surface area contributed by atoms with Crippen molar-refractivity contribution in [1.82, 2.24) is 4.90 Å². The van der Waals surface area contributed by atoms with Gasteiger partial charge in [-0.05, 0) is 80.7 Å². The number of aryl methyl sites for hydroxylation is 1. The van der Waals surface area contributed by atoms with E-state index in [2.05, 4.69) is 29.3 Å². The largest absolute Gasteiger partial charge is 0.457 e. The molecule has 0 aliphatic carbocycles. The van der Waals surface area contributed by atoms with Gasteiger partial charge in [-0.1, -0.05) is 60.5 Å². The van der Waals surface area contributed by atoms with Crippen molar-refractivity contribution in [2.24, 2.45) is 5.92 Å². The van der Waals surface area contributed by atoms with Crippen LogP contribution >= 0.6 is 11.6 Å². The number of fused-ring (bicyclic) bond motifs is 1. The van der Waals surface area contributed by atoms with Gasteiger partial charge in [-0.2, -0.15) is 0 Å². The molecular formula is C29H29ClN2O2. The third kappa shape index (κ3) is 4.61. The van der Waals surface area contributed by atoms with E-state index in [9.17, 15) is 4.79 Å². The molecule has 0 unspecified atom stereocenters. The van der Waals surface area contributed by atoms with Crippen LogP contribution in [0.2, 0.25) is 5.02 Å². The molecule has 1 aromatic heterocycles. The first-order valence-corrected chi connectivity index (χ1v) is 12.3. The molecule has 0 saturated carbocycles. The number of rotatable bonds is 5. The molecule has 4 aromatic rings. The molecule has 0 spiro atoms. The minimum Gasteiger partial charge on any atom is -0.457 e. The number of furan rings is 1. The van der Waals surface area contributed by atoms with Gasteiger partial charge in [0.15, 0.2) is 0 Å². The molecule has 1 atom stereocenters. The SMILES string of the molecule is Cc1ccc(C(=O)Nc2c([C@H](c3ccc(Cl)cc3)N3CCC(C)CC3)oc3ccccc23)cc1. The lowest BCUT2D eigenvalue weighted by Crippen LogP contribution is -2.37. The van der Waals surface area contributed by atoms with Gasteiger partial charge in [-0.15, -0.1) is 0 Å². The Morgan fingerprint density at radius 3 is 2.38 bits per heavy atom. The number of halogens is 1. The number of benzene rings is 3. The van der Waals surface area contributed by atoms with Crippen LogP contribution in [0.5, 0.6) is 0 Å². The van der Waals surface area contributed by atoms with Crippen LogP contribution in [-0.4, -0.2) is 23.9 Å². The predicted octanol–water partition coefficient (Wildman–Crippen LogP) is 7.47. The molecule has 1 amide bonds. The van der Waals surface area contributed by atoms with Crippen molar-refractivity contribution in [3.8, 4) is 0 Å². The quantitative estimate of drug-likeness (QED) is 0.327. The van der Waals surface area contributed by atoms with Gasteiger partial charge in [0, 0.05) is 16.0 Å². The molecule has 1 fully saturated rings. The summed E-state index contributed by atoms with van der Waals surface area (Å²) in [5, 5.41) is 4.80. The van der Waals surface area contributed by atoms with Gasteiger partial charge >= 0.3 is 0 Å². The topological polar surface area (TPSA) is 45.5 Å². The van der Waals surface area contributed by atoms with E-state index in [-0.39, 0.29) is 11.9 Å². The monoisotopic (exact) mass is 472 g/mol. The Hall–Kier alpha value is -3.08. The summed E-state index contributed by atoms with van der Waals surface area (Å²) in [5.41, 5.74) is 4.34. The van der Waals surface area contributed by atoms with Crippen LogP contribution in [0.4, 0.5) is 5.69 Å². The van der Waals surface area contributed by atoms with Crippen molar-refractivity contribution in [3.63, 3.8) is 0 Å². The number of anilines is 1. The smallest absolute Gasteiger partial charge is 0.255 e.